The van der Waals surface area contributed by atoms with Gasteiger partial charge in [0, 0.05) is 6.54 Å². The fraction of sp³-hybridized carbons (Fsp3) is 0.611. The van der Waals surface area contributed by atoms with E-state index in [1.165, 1.54) is 12.0 Å². The Labute approximate surface area is 128 Å². The second-order valence-corrected chi connectivity index (χ2v) is 6.42. The first-order valence-electron chi connectivity index (χ1n) is 8.14. The van der Waals surface area contributed by atoms with Crippen molar-refractivity contribution in [3.63, 3.8) is 0 Å². The Kier molecular flexibility index (Phi) is 5.80. The highest BCUT2D eigenvalue weighted by molar-refractivity contribution is 5.88. The summed E-state index contributed by atoms with van der Waals surface area (Å²) in [6.45, 7) is 1.78. The summed E-state index contributed by atoms with van der Waals surface area (Å²) < 4.78 is 0. The Hall–Kier alpha value is -1.35. The highest BCUT2D eigenvalue weighted by Crippen LogP contribution is 2.39. The third-order valence-electron chi connectivity index (χ3n) is 4.54. The molecule has 116 valence electrons. The molecule has 1 N–H and O–H groups in total. The van der Waals surface area contributed by atoms with Crippen LogP contribution in [0.4, 0.5) is 0 Å². The largest absolute Gasteiger partial charge is 0.355 e. The van der Waals surface area contributed by atoms with Crippen molar-refractivity contribution in [1.82, 2.24) is 10.2 Å². The molecule has 0 unspecified atom stereocenters. The molecular weight excluding hydrogens is 260 g/mol. The Bertz CT molecular complexity index is 436. The summed E-state index contributed by atoms with van der Waals surface area (Å²) in [5, 5.41) is 3.18. The van der Waals surface area contributed by atoms with Gasteiger partial charge < -0.3 is 10.2 Å². The SMILES string of the molecule is CN(C)CCCNC(=O)C1(c2ccccc2)CCCCC1. The molecule has 0 aromatic heterocycles. The molecule has 1 aliphatic rings. The van der Waals surface area contributed by atoms with Gasteiger partial charge >= 0.3 is 0 Å². The van der Waals surface area contributed by atoms with Crippen LogP contribution in [0, 0.1) is 0 Å². The Morgan fingerprint density at radius 1 is 1.14 bits per heavy atom. The van der Waals surface area contributed by atoms with Crippen LogP contribution in [0.2, 0.25) is 0 Å². The second kappa shape index (κ2) is 7.60. The molecule has 21 heavy (non-hydrogen) atoms. The van der Waals surface area contributed by atoms with Crippen LogP contribution in [0.5, 0.6) is 0 Å². The molecule has 3 heteroatoms. The molecule has 0 atom stereocenters. The number of hydrogen-bond donors (Lipinski definition) is 1. The fourth-order valence-corrected chi connectivity index (χ4v) is 3.33. The molecule has 0 bridgehead atoms. The maximum absolute atomic E-state index is 12.8. The van der Waals surface area contributed by atoms with Crippen molar-refractivity contribution in [2.24, 2.45) is 0 Å². The number of carbonyl (C=O) groups is 1. The van der Waals surface area contributed by atoms with E-state index in [1.807, 2.05) is 18.2 Å². The third kappa shape index (κ3) is 4.07. The van der Waals surface area contributed by atoms with Crippen LogP contribution in [-0.4, -0.2) is 38.0 Å². The molecule has 1 aliphatic carbocycles. The minimum atomic E-state index is -0.294. The quantitative estimate of drug-likeness (QED) is 0.816. The van der Waals surface area contributed by atoms with Crippen molar-refractivity contribution in [3.05, 3.63) is 35.9 Å². The predicted molar refractivity (Wildman–Crippen MR) is 87.4 cm³/mol. The third-order valence-corrected chi connectivity index (χ3v) is 4.54. The molecule has 1 amide bonds. The maximum atomic E-state index is 12.8. The van der Waals surface area contributed by atoms with E-state index in [-0.39, 0.29) is 11.3 Å². The highest BCUT2D eigenvalue weighted by atomic mass is 16.2. The van der Waals surface area contributed by atoms with E-state index >= 15 is 0 Å². The van der Waals surface area contributed by atoms with E-state index in [0.29, 0.717) is 0 Å². The summed E-state index contributed by atoms with van der Waals surface area (Å²) in [4.78, 5) is 15.0. The van der Waals surface area contributed by atoms with E-state index in [4.69, 9.17) is 0 Å². The monoisotopic (exact) mass is 288 g/mol. The molecule has 0 radical (unpaired) electrons. The fourth-order valence-electron chi connectivity index (χ4n) is 3.33. The van der Waals surface area contributed by atoms with Gasteiger partial charge in [-0.05, 0) is 45.5 Å². The van der Waals surface area contributed by atoms with Crippen molar-refractivity contribution in [3.8, 4) is 0 Å². The lowest BCUT2D eigenvalue weighted by atomic mass is 9.68. The van der Waals surface area contributed by atoms with Crippen molar-refractivity contribution >= 4 is 5.91 Å². The van der Waals surface area contributed by atoms with Gasteiger partial charge in [-0.1, -0.05) is 49.6 Å². The smallest absolute Gasteiger partial charge is 0.230 e. The molecule has 1 aromatic rings. The molecule has 0 aliphatic heterocycles. The summed E-state index contributed by atoms with van der Waals surface area (Å²) in [6.07, 6.45) is 6.53. The van der Waals surface area contributed by atoms with Gasteiger partial charge in [-0.3, -0.25) is 4.79 Å². The summed E-state index contributed by atoms with van der Waals surface area (Å²) in [5.41, 5.74) is 0.896. The van der Waals surface area contributed by atoms with Crippen molar-refractivity contribution in [2.75, 3.05) is 27.2 Å². The summed E-state index contributed by atoms with van der Waals surface area (Å²) in [6, 6.07) is 10.3. The zero-order valence-electron chi connectivity index (χ0n) is 13.4. The maximum Gasteiger partial charge on any atom is 0.230 e. The van der Waals surface area contributed by atoms with Crippen LogP contribution >= 0.6 is 0 Å². The Morgan fingerprint density at radius 2 is 1.81 bits per heavy atom. The Morgan fingerprint density at radius 3 is 2.43 bits per heavy atom. The minimum Gasteiger partial charge on any atom is -0.355 e. The van der Waals surface area contributed by atoms with Gasteiger partial charge in [0.1, 0.15) is 0 Å². The average molecular weight is 288 g/mol. The van der Waals surface area contributed by atoms with Gasteiger partial charge in [0.2, 0.25) is 5.91 Å². The molecule has 0 heterocycles. The number of benzene rings is 1. The number of amides is 1. The van der Waals surface area contributed by atoms with Crippen LogP contribution in [0.15, 0.2) is 30.3 Å². The molecular formula is C18H28N2O. The highest BCUT2D eigenvalue weighted by Gasteiger charge is 2.40. The molecule has 1 saturated carbocycles. The summed E-state index contributed by atoms with van der Waals surface area (Å²) in [5.74, 6) is 0.229. The molecule has 3 nitrogen and oxygen atoms in total. The number of nitrogens with zero attached hydrogens (tertiary/aromatic N) is 1. The van der Waals surface area contributed by atoms with Crippen molar-refractivity contribution in [2.45, 2.75) is 43.9 Å². The molecule has 2 rings (SSSR count). The number of carbonyl (C=O) groups excluding carboxylic acids is 1. The normalized spacial score (nSPS) is 17.7. The second-order valence-electron chi connectivity index (χ2n) is 6.42. The average Bonchev–Trinajstić information content (AvgIpc) is 2.52. The van der Waals surface area contributed by atoms with Crippen LogP contribution in [0.25, 0.3) is 0 Å². The van der Waals surface area contributed by atoms with Crippen LogP contribution in [-0.2, 0) is 10.2 Å². The molecule has 0 saturated heterocycles. The number of nitrogens with one attached hydrogen (secondary N) is 1. The molecule has 0 spiro atoms. The van der Waals surface area contributed by atoms with Crippen molar-refractivity contribution < 1.29 is 4.79 Å². The van der Waals surface area contributed by atoms with Crippen LogP contribution < -0.4 is 5.32 Å². The number of hydrogen-bond acceptors (Lipinski definition) is 2. The van der Waals surface area contributed by atoms with Crippen LogP contribution in [0.3, 0.4) is 0 Å². The first kappa shape index (κ1) is 16.0. The predicted octanol–water partition coefficient (Wildman–Crippen LogP) is 2.96. The van der Waals surface area contributed by atoms with Gasteiger partial charge in [-0.2, -0.15) is 0 Å². The van der Waals surface area contributed by atoms with E-state index in [2.05, 4.69) is 36.4 Å². The molecule has 1 fully saturated rings. The van der Waals surface area contributed by atoms with E-state index in [1.54, 1.807) is 0 Å². The number of rotatable bonds is 6. The van der Waals surface area contributed by atoms with Gasteiger partial charge in [0.05, 0.1) is 5.41 Å². The van der Waals surface area contributed by atoms with E-state index in [9.17, 15) is 4.79 Å². The first-order valence-corrected chi connectivity index (χ1v) is 8.14. The van der Waals surface area contributed by atoms with Gasteiger partial charge in [-0.15, -0.1) is 0 Å². The van der Waals surface area contributed by atoms with E-state index in [0.717, 1.165) is 45.2 Å². The Balaban J connectivity index is 2.04. The van der Waals surface area contributed by atoms with Gasteiger partial charge in [-0.25, -0.2) is 0 Å². The summed E-state index contributed by atoms with van der Waals surface area (Å²) >= 11 is 0. The standard InChI is InChI=1S/C18H28N2O/c1-20(2)15-9-14-19-17(21)18(12-7-4-8-13-18)16-10-5-3-6-11-16/h3,5-6,10-11H,4,7-9,12-15H2,1-2H3,(H,19,21). The zero-order chi connectivity index (χ0) is 15.1. The lowest BCUT2D eigenvalue weighted by Gasteiger charge is -2.36. The molecule has 1 aromatic carbocycles. The lowest BCUT2D eigenvalue weighted by molar-refractivity contribution is -0.128. The first-order chi connectivity index (χ1) is 10.1. The zero-order valence-corrected chi connectivity index (χ0v) is 13.4. The van der Waals surface area contributed by atoms with Gasteiger partial charge in [0.15, 0.2) is 0 Å². The van der Waals surface area contributed by atoms with Crippen molar-refractivity contribution in [1.29, 1.82) is 0 Å². The minimum absolute atomic E-state index is 0.229. The lowest BCUT2D eigenvalue weighted by Crippen LogP contribution is -2.46. The topological polar surface area (TPSA) is 32.3 Å². The van der Waals surface area contributed by atoms with Gasteiger partial charge in [0.25, 0.3) is 0 Å². The van der Waals surface area contributed by atoms with E-state index < -0.39 is 0 Å². The summed E-state index contributed by atoms with van der Waals surface area (Å²) in [7, 11) is 4.13. The van der Waals surface area contributed by atoms with Crippen LogP contribution in [0.1, 0.15) is 44.1 Å².